The second-order valence-electron chi connectivity index (χ2n) is 4.48. The second kappa shape index (κ2) is 5.21. The molecule has 3 rings (SSSR count). The van der Waals surface area contributed by atoms with Crippen LogP contribution in [0.5, 0.6) is 5.75 Å². The van der Waals surface area contributed by atoms with Crippen LogP contribution in [0.3, 0.4) is 0 Å². The van der Waals surface area contributed by atoms with E-state index in [1.807, 2.05) is 30.3 Å². The fourth-order valence-electron chi connectivity index (χ4n) is 2.14. The zero-order valence-electron chi connectivity index (χ0n) is 11.1. The molecule has 0 fully saturated rings. The van der Waals surface area contributed by atoms with Crippen LogP contribution in [0, 0.1) is 0 Å². The number of amides is 1. The minimum Gasteiger partial charge on any atom is -0.488 e. The van der Waals surface area contributed by atoms with Gasteiger partial charge in [0.25, 0.3) is 5.91 Å². The molecule has 0 saturated carbocycles. The first kappa shape index (κ1) is 12.5. The van der Waals surface area contributed by atoms with Gasteiger partial charge in [0.2, 0.25) is 0 Å². The molecule has 5 heteroatoms. The number of rotatable bonds is 2. The van der Waals surface area contributed by atoms with E-state index in [1.54, 1.807) is 13.1 Å². The van der Waals surface area contributed by atoms with Gasteiger partial charge >= 0.3 is 0 Å². The van der Waals surface area contributed by atoms with Crippen molar-refractivity contribution in [2.75, 3.05) is 25.5 Å². The van der Waals surface area contributed by atoms with E-state index in [1.165, 1.54) is 0 Å². The third-order valence-electron chi connectivity index (χ3n) is 3.16. The van der Waals surface area contributed by atoms with E-state index in [0.29, 0.717) is 12.2 Å². The van der Waals surface area contributed by atoms with Gasteiger partial charge in [-0.2, -0.15) is 0 Å². The Morgan fingerprint density at radius 1 is 1.35 bits per heavy atom. The average molecular weight is 269 g/mol. The number of nitrogens with zero attached hydrogens (tertiary/aromatic N) is 1. The van der Waals surface area contributed by atoms with Crippen LogP contribution in [0.1, 0.15) is 10.4 Å². The summed E-state index contributed by atoms with van der Waals surface area (Å²) in [4.78, 5) is 16.2. The summed E-state index contributed by atoms with van der Waals surface area (Å²) in [7, 11) is 1.62. The standard InChI is InChI=1S/C15H15N3O2/c1-16-15(19)11-4-2-3-10(9-11)12-5-6-13-14(18-12)17-7-8-20-13/h2-6,9H,7-8H2,1H3,(H,16,19)(H,17,18). The molecule has 20 heavy (non-hydrogen) atoms. The molecular formula is C15H15N3O2. The molecule has 1 aromatic heterocycles. The van der Waals surface area contributed by atoms with Crippen LogP contribution in [0.15, 0.2) is 36.4 Å². The number of carbonyl (C=O) groups is 1. The average Bonchev–Trinajstić information content (AvgIpc) is 2.53. The molecule has 0 radical (unpaired) electrons. The summed E-state index contributed by atoms with van der Waals surface area (Å²) >= 11 is 0. The molecule has 2 N–H and O–H groups in total. The second-order valence-corrected chi connectivity index (χ2v) is 4.48. The maximum absolute atomic E-state index is 11.7. The number of fused-ring (bicyclic) bond motifs is 1. The Bertz CT molecular complexity index is 655. The van der Waals surface area contributed by atoms with E-state index in [9.17, 15) is 4.79 Å². The lowest BCUT2D eigenvalue weighted by molar-refractivity contribution is 0.0963. The molecule has 1 aliphatic heterocycles. The lowest BCUT2D eigenvalue weighted by Gasteiger charge is -2.18. The molecule has 102 valence electrons. The number of hydrogen-bond donors (Lipinski definition) is 2. The first-order chi connectivity index (χ1) is 9.78. The van der Waals surface area contributed by atoms with Crippen molar-refractivity contribution in [1.29, 1.82) is 0 Å². The fourth-order valence-corrected chi connectivity index (χ4v) is 2.14. The normalized spacial score (nSPS) is 12.8. The lowest BCUT2D eigenvalue weighted by Crippen LogP contribution is -2.19. The highest BCUT2D eigenvalue weighted by molar-refractivity contribution is 5.95. The minimum atomic E-state index is -0.105. The van der Waals surface area contributed by atoms with Crippen LogP contribution in [0.25, 0.3) is 11.3 Å². The first-order valence-electron chi connectivity index (χ1n) is 6.48. The topological polar surface area (TPSA) is 63.2 Å². The third kappa shape index (κ3) is 2.30. The Morgan fingerprint density at radius 3 is 3.10 bits per heavy atom. The van der Waals surface area contributed by atoms with Crippen molar-refractivity contribution in [3.05, 3.63) is 42.0 Å². The van der Waals surface area contributed by atoms with Crippen molar-refractivity contribution in [2.45, 2.75) is 0 Å². The third-order valence-corrected chi connectivity index (χ3v) is 3.16. The molecule has 1 aliphatic rings. The number of aromatic nitrogens is 1. The van der Waals surface area contributed by atoms with Crippen molar-refractivity contribution in [2.24, 2.45) is 0 Å². The first-order valence-corrected chi connectivity index (χ1v) is 6.48. The number of ether oxygens (including phenoxy) is 1. The fraction of sp³-hybridized carbons (Fsp3) is 0.200. The minimum absolute atomic E-state index is 0.105. The molecule has 0 unspecified atom stereocenters. The van der Waals surface area contributed by atoms with Crippen molar-refractivity contribution in [3.8, 4) is 17.0 Å². The van der Waals surface area contributed by atoms with Gasteiger partial charge in [-0.3, -0.25) is 4.79 Å². The maximum atomic E-state index is 11.7. The molecule has 0 atom stereocenters. The maximum Gasteiger partial charge on any atom is 0.251 e. The molecule has 0 bridgehead atoms. The predicted octanol–water partition coefficient (Wildman–Crippen LogP) is 1.91. The highest BCUT2D eigenvalue weighted by Crippen LogP contribution is 2.29. The van der Waals surface area contributed by atoms with E-state index in [4.69, 9.17) is 4.74 Å². The van der Waals surface area contributed by atoms with E-state index in [-0.39, 0.29) is 5.91 Å². The van der Waals surface area contributed by atoms with Crippen molar-refractivity contribution < 1.29 is 9.53 Å². The molecule has 0 aliphatic carbocycles. The van der Waals surface area contributed by atoms with Crippen LogP contribution >= 0.6 is 0 Å². The van der Waals surface area contributed by atoms with Crippen LogP contribution < -0.4 is 15.4 Å². The van der Waals surface area contributed by atoms with Gasteiger partial charge in [0, 0.05) is 18.2 Å². The van der Waals surface area contributed by atoms with Gasteiger partial charge in [-0.05, 0) is 24.3 Å². The van der Waals surface area contributed by atoms with Gasteiger partial charge < -0.3 is 15.4 Å². The number of carbonyl (C=O) groups excluding carboxylic acids is 1. The Balaban J connectivity index is 1.98. The van der Waals surface area contributed by atoms with Crippen LogP contribution in [0.2, 0.25) is 0 Å². The molecule has 2 aromatic rings. The molecule has 5 nitrogen and oxygen atoms in total. The largest absolute Gasteiger partial charge is 0.488 e. The van der Waals surface area contributed by atoms with Gasteiger partial charge in [0.05, 0.1) is 12.2 Å². The predicted molar refractivity (Wildman–Crippen MR) is 77.0 cm³/mol. The van der Waals surface area contributed by atoms with E-state index >= 15 is 0 Å². The van der Waals surface area contributed by atoms with E-state index in [2.05, 4.69) is 15.6 Å². The number of pyridine rings is 1. The summed E-state index contributed by atoms with van der Waals surface area (Å²) in [5, 5.41) is 5.82. The van der Waals surface area contributed by atoms with Crippen LogP contribution in [-0.2, 0) is 0 Å². The number of benzene rings is 1. The van der Waals surface area contributed by atoms with Gasteiger partial charge in [0.1, 0.15) is 6.61 Å². The lowest BCUT2D eigenvalue weighted by atomic mass is 10.1. The summed E-state index contributed by atoms with van der Waals surface area (Å²) in [6, 6.07) is 11.2. The number of hydrogen-bond acceptors (Lipinski definition) is 4. The summed E-state index contributed by atoms with van der Waals surface area (Å²) in [5.74, 6) is 1.41. The van der Waals surface area contributed by atoms with E-state index < -0.39 is 0 Å². The highest BCUT2D eigenvalue weighted by atomic mass is 16.5. The smallest absolute Gasteiger partial charge is 0.251 e. The van der Waals surface area contributed by atoms with Gasteiger partial charge in [-0.1, -0.05) is 12.1 Å². The molecule has 2 heterocycles. The van der Waals surface area contributed by atoms with Crippen molar-refractivity contribution in [1.82, 2.24) is 10.3 Å². The Labute approximate surface area is 117 Å². The summed E-state index contributed by atoms with van der Waals surface area (Å²) in [5.41, 5.74) is 2.34. The van der Waals surface area contributed by atoms with Gasteiger partial charge in [-0.25, -0.2) is 4.98 Å². The SMILES string of the molecule is CNC(=O)c1cccc(-c2ccc3c(n2)NCCO3)c1. The van der Waals surface area contributed by atoms with Crippen LogP contribution in [0.4, 0.5) is 5.82 Å². The van der Waals surface area contributed by atoms with Gasteiger partial charge in [0.15, 0.2) is 11.6 Å². The quantitative estimate of drug-likeness (QED) is 0.874. The summed E-state index contributed by atoms with van der Waals surface area (Å²) < 4.78 is 5.50. The molecule has 0 spiro atoms. The zero-order chi connectivity index (χ0) is 13.9. The Kier molecular flexibility index (Phi) is 3.25. The molecular weight excluding hydrogens is 254 g/mol. The number of nitrogens with one attached hydrogen (secondary N) is 2. The summed E-state index contributed by atoms with van der Waals surface area (Å²) in [6.45, 7) is 1.40. The number of anilines is 1. The summed E-state index contributed by atoms with van der Waals surface area (Å²) in [6.07, 6.45) is 0. The van der Waals surface area contributed by atoms with Gasteiger partial charge in [-0.15, -0.1) is 0 Å². The highest BCUT2D eigenvalue weighted by Gasteiger charge is 2.13. The van der Waals surface area contributed by atoms with Crippen molar-refractivity contribution in [3.63, 3.8) is 0 Å². The molecule has 1 amide bonds. The Morgan fingerprint density at radius 2 is 2.25 bits per heavy atom. The zero-order valence-corrected chi connectivity index (χ0v) is 11.1. The Hall–Kier alpha value is -2.56. The molecule has 1 aromatic carbocycles. The van der Waals surface area contributed by atoms with Crippen molar-refractivity contribution >= 4 is 11.7 Å². The molecule has 0 saturated heterocycles. The monoisotopic (exact) mass is 269 g/mol. The van der Waals surface area contributed by atoms with Crippen LogP contribution in [-0.4, -0.2) is 31.1 Å². The van der Waals surface area contributed by atoms with E-state index in [0.717, 1.165) is 29.4 Å².